The van der Waals surface area contributed by atoms with E-state index in [0.717, 1.165) is 27.9 Å². The first kappa shape index (κ1) is 33.7. The first-order chi connectivity index (χ1) is 22.2. The second-order valence-electron chi connectivity index (χ2n) is 11.4. The lowest BCUT2D eigenvalue weighted by molar-refractivity contribution is -0.134. The maximum Gasteiger partial charge on any atom is 0.340 e. The van der Waals surface area contributed by atoms with Crippen LogP contribution in [-0.2, 0) is 13.9 Å². The minimum Gasteiger partial charge on any atom is -0.493 e. The van der Waals surface area contributed by atoms with Crippen LogP contribution in [-0.4, -0.2) is 64.1 Å². The van der Waals surface area contributed by atoms with E-state index in [4.69, 9.17) is 23.4 Å². The van der Waals surface area contributed by atoms with Gasteiger partial charge in [0.1, 0.15) is 17.6 Å². The Hall–Kier alpha value is -3.64. The summed E-state index contributed by atoms with van der Waals surface area (Å²) in [5, 5.41) is 0. The number of carbonyl (C=O) groups excluding carboxylic acids is 3. The zero-order valence-electron chi connectivity index (χ0n) is 27.1. The lowest BCUT2D eigenvalue weighted by Gasteiger charge is -2.44. The molecule has 244 valence electrons. The van der Waals surface area contributed by atoms with Crippen LogP contribution in [0.5, 0.6) is 11.5 Å². The minimum absolute atomic E-state index is 0.00213. The van der Waals surface area contributed by atoms with Crippen molar-refractivity contribution in [3.05, 3.63) is 83.4 Å². The van der Waals surface area contributed by atoms with E-state index in [0.29, 0.717) is 6.42 Å². The Morgan fingerprint density at radius 2 is 1.46 bits per heavy atom. The summed E-state index contributed by atoms with van der Waals surface area (Å²) in [6.45, 7) is 8.42. The first-order valence-corrected chi connectivity index (χ1v) is 19.1. The van der Waals surface area contributed by atoms with Gasteiger partial charge in [0.25, 0.3) is 11.8 Å². The number of fused-ring (bicyclic) bond motifs is 1. The molecule has 2 amide bonds. The zero-order chi connectivity index (χ0) is 33.0. The van der Waals surface area contributed by atoms with Crippen molar-refractivity contribution in [2.24, 2.45) is 0 Å². The molecule has 1 saturated heterocycles. The molecule has 5 rings (SSSR count). The fourth-order valence-corrected chi connectivity index (χ4v) is 10.2. The van der Waals surface area contributed by atoms with Crippen LogP contribution in [0.25, 0.3) is 0 Å². The quantitative estimate of drug-likeness (QED) is 0.112. The third kappa shape index (κ3) is 6.60. The molecule has 9 nitrogen and oxygen atoms in total. The summed E-state index contributed by atoms with van der Waals surface area (Å²) in [6.07, 6.45) is -1.12. The van der Waals surface area contributed by atoms with Crippen LogP contribution in [0.4, 0.5) is 5.69 Å². The van der Waals surface area contributed by atoms with Gasteiger partial charge in [0.05, 0.1) is 42.7 Å². The van der Waals surface area contributed by atoms with Crippen LogP contribution in [0.1, 0.15) is 65.2 Å². The molecular formula is C35H41NO8SSi. The van der Waals surface area contributed by atoms with E-state index in [1.165, 1.54) is 26.4 Å². The van der Waals surface area contributed by atoms with Crippen molar-refractivity contribution in [3.8, 4) is 11.5 Å². The highest BCUT2D eigenvalue weighted by Gasteiger charge is 2.45. The first-order valence-electron chi connectivity index (χ1n) is 15.7. The number of imide groups is 1. The largest absolute Gasteiger partial charge is 0.493 e. The van der Waals surface area contributed by atoms with Crippen molar-refractivity contribution >= 4 is 43.6 Å². The molecule has 0 aromatic heterocycles. The summed E-state index contributed by atoms with van der Waals surface area (Å²) in [5.41, 5.74) is 0.281. The van der Waals surface area contributed by atoms with Gasteiger partial charge in [-0.25, -0.2) is 9.69 Å². The van der Waals surface area contributed by atoms with E-state index in [1.807, 2.05) is 37.3 Å². The Balaban J connectivity index is 1.52. The topological polar surface area (TPSA) is 101 Å². The van der Waals surface area contributed by atoms with Crippen molar-refractivity contribution in [1.29, 1.82) is 0 Å². The van der Waals surface area contributed by atoms with Crippen LogP contribution in [0.2, 0.25) is 18.1 Å². The summed E-state index contributed by atoms with van der Waals surface area (Å²) < 4.78 is 30.8. The third-order valence-corrected chi connectivity index (χ3v) is 14.7. The molecule has 2 aliphatic rings. The number of hydrogen-bond acceptors (Lipinski definition) is 9. The van der Waals surface area contributed by atoms with Crippen LogP contribution in [0, 0.1) is 0 Å². The molecule has 0 spiro atoms. The SMILES string of the molecule is CC[Si](CC)(CC)O[C@@H]1[C@H](C)O[C@H](Sc2ccccc2)C[C@@H]1OC(=O)c1cc(OC)c(OC)cc1N1C(=O)c2ccccc2C1=O. The molecule has 0 unspecified atom stereocenters. The number of rotatable bonds is 12. The molecule has 0 saturated carbocycles. The summed E-state index contributed by atoms with van der Waals surface area (Å²) in [5.74, 6) is -1.26. The average Bonchev–Trinajstić information content (AvgIpc) is 3.33. The molecule has 3 aromatic rings. The van der Waals surface area contributed by atoms with Crippen LogP contribution in [0.3, 0.4) is 0 Å². The maximum atomic E-state index is 14.3. The van der Waals surface area contributed by atoms with E-state index in [2.05, 4.69) is 20.8 Å². The van der Waals surface area contributed by atoms with E-state index in [-0.39, 0.29) is 45.4 Å². The molecule has 4 atom stereocenters. The van der Waals surface area contributed by atoms with Crippen molar-refractivity contribution in [2.75, 3.05) is 19.1 Å². The van der Waals surface area contributed by atoms with E-state index >= 15 is 0 Å². The molecule has 0 bridgehead atoms. The van der Waals surface area contributed by atoms with Crippen molar-refractivity contribution in [2.45, 2.75) is 80.9 Å². The van der Waals surface area contributed by atoms with Gasteiger partial charge < -0.3 is 23.4 Å². The minimum atomic E-state index is -2.14. The van der Waals surface area contributed by atoms with Crippen molar-refractivity contribution in [1.82, 2.24) is 0 Å². The van der Waals surface area contributed by atoms with Gasteiger partial charge in [0.15, 0.2) is 19.8 Å². The number of amides is 2. The third-order valence-electron chi connectivity index (χ3n) is 8.97. The fraction of sp³-hybridized carbons (Fsp3) is 0.400. The Bertz CT molecular complexity index is 1540. The van der Waals surface area contributed by atoms with Crippen molar-refractivity contribution in [3.63, 3.8) is 0 Å². The van der Waals surface area contributed by atoms with Gasteiger partial charge >= 0.3 is 5.97 Å². The van der Waals surface area contributed by atoms with Crippen LogP contribution < -0.4 is 14.4 Å². The Morgan fingerprint density at radius 3 is 2.02 bits per heavy atom. The number of ether oxygens (including phenoxy) is 4. The second-order valence-corrected chi connectivity index (χ2v) is 17.4. The predicted octanol–water partition coefficient (Wildman–Crippen LogP) is 7.35. The maximum absolute atomic E-state index is 14.3. The molecule has 46 heavy (non-hydrogen) atoms. The molecule has 2 aliphatic heterocycles. The van der Waals surface area contributed by atoms with Gasteiger partial charge in [-0.3, -0.25) is 9.59 Å². The van der Waals surface area contributed by atoms with E-state index in [1.54, 1.807) is 36.0 Å². The lowest BCUT2D eigenvalue weighted by Crippen LogP contribution is -2.54. The molecule has 3 aromatic carbocycles. The number of benzene rings is 3. The summed E-state index contributed by atoms with van der Waals surface area (Å²) in [7, 11) is 0.760. The predicted molar refractivity (Wildman–Crippen MR) is 180 cm³/mol. The molecule has 0 radical (unpaired) electrons. The normalized spacial score (nSPS) is 21.2. The Morgan fingerprint density at radius 1 is 0.891 bits per heavy atom. The van der Waals surface area contributed by atoms with Gasteiger partial charge in [-0.15, -0.1) is 0 Å². The van der Waals surface area contributed by atoms with Gasteiger partial charge in [-0.2, -0.15) is 0 Å². The second kappa shape index (κ2) is 14.4. The highest BCUT2D eigenvalue weighted by atomic mass is 32.2. The smallest absolute Gasteiger partial charge is 0.340 e. The van der Waals surface area contributed by atoms with Crippen LogP contribution in [0.15, 0.2) is 71.6 Å². The monoisotopic (exact) mass is 663 g/mol. The number of methoxy groups -OCH3 is 2. The number of esters is 1. The fourth-order valence-electron chi connectivity index (χ4n) is 6.13. The number of nitrogens with zero attached hydrogens (tertiary/aromatic N) is 1. The van der Waals surface area contributed by atoms with E-state index < -0.39 is 38.3 Å². The zero-order valence-corrected chi connectivity index (χ0v) is 28.9. The van der Waals surface area contributed by atoms with E-state index in [9.17, 15) is 14.4 Å². The summed E-state index contributed by atoms with van der Waals surface area (Å²) in [6, 6.07) is 22.2. The lowest BCUT2D eigenvalue weighted by atomic mass is 10.0. The summed E-state index contributed by atoms with van der Waals surface area (Å²) >= 11 is 1.57. The van der Waals surface area contributed by atoms with Crippen molar-refractivity contribution < 1.29 is 37.8 Å². The molecule has 0 N–H and O–H groups in total. The average molecular weight is 664 g/mol. The number of thioether (sulfide) groups is 1. The molecule has 1 fully saturated rings. The molecule has 11 heteroatoms. The molecule has 2 heterocycles. The number of anilines is 1. The number of carbonyl (C=O) groups is 3. The van der Waals surface area contributed by atoms with Gasteiger partial charge in [-0.05, 0) is 49.3 Å². The Labute approximate surface area is 275 Å². The van der Waals surface area contributed by atoms with Gasteiger partial charge in [0, 0.05) is 23.4 Å². The van der Waals surface area contributed by atoms with Gasteiger partial charge in [-0.1, -0.05) is 62.9 Å². The van der Waals surface area contributed by atoms with Crippen LogP contribution >= 0.6 is 11.8 Å². The summed E-state index contributed by atoms with van der Waals surface area (Å²) in [4.78, 5) is 43.4. The highest BCUT2D eigenvalue weighted by molar-refractivity contribution is 7.99. The molecular weight excluding hydrogens is 623 g/mol. The standard InChI is InChI=1S/C35H41NO8SSi/c1-7-46(8-2,9-3)44-32-22(4)42-31(45-23-15-11-10-12-16-23)21-30(32)43-35(39)26-19-28(40-5)29(41-6)20-27(26)36-33(37)24-17-13-14-18-25(24)34(36)38/h10-20,22,30-32H,7-9,21H2,1-6H3/t22-,30-,31+,32+/m0/s1. The van der Waals surface area contributed by atoms with Gasteiger partial charge in [0.2, 0.25) is 0 Å². The highest BCUT2D eigenvalue weighted by Crippen LogP contribution is 2.41. The molecule has 0 aliphatic carbocycles. The number of hydrogen-bond donors (Lipinski definition) is 0. The Kier molecular flexibility index (Phi) is 10.6.